The summed E-state index contributed by atoms with van der Waals surface area (Å²) in [5.74, 6) is 0.174. The van der Waals surface area contributed by atoms with Crippen molar-refractivity contribution in [3.63, 3.8) is 0 Å². The molecule has 0 aliphatic carbocycles. The van der Waals surface area contributed by atoms with Crippen molar-refractivity contribution in [2.24, 2.45) is 5.92 Å². The third-order valence-corrected chi connectivity index (χ3v) is 4.62. The fourth-order valence-electron chi connectivity index (χ4n) is 3.01. The zero-order valence-corrected chi connectivity index (χ0v) is 15.3. The summed E-state index contributed by atoms with van der Waals surface area (Å²) in [6.45, 7) is 3.90. The molecule has 2 aromatic carbocycles. The van der Waals surface area contributed by atoms with Crippen LogP contribution in [0.4, 0.5) is 10.5 Å². The average Bonchev–Trinajstić information content (AvgIpc) is 3.06. The van der Waals surface area contributed by atoms with Gasteiger partial charge >= 0.3 is 6.03 Å². The molecule has 3 rings (SSSR count). The number of likely N-dealkylation sites (N-methyl/N-ethyl adjacent to an activating group) is 1. The summed E-state index contributed by atoms with van der Waals surface area (Å²) in [4.78, 5) is 18.3. The second-order valence-corrected chi connectivity index (χ2v) is 6.69. The SMILES string of the molecule is CC(C)[C@H](CO)N(C)C(=O)Nc1ccc(-n2cnc3ccccc32)cc1. The van der Waals surface area contributed by atoms with E-state index in [2.05, 4.69) is 10.3 Å². The van der Waals surface area contributed by atoms with Gasteiger partial charge in [-0.1, -0.05) is 26.0 Å². The Bertz CT molecular complexity index is 886. The zero-order valence-electron chi connectivity index (χ0n) is 15.3. The minimum Gasteiger partial charge on any atom is -0.394 e. The van der Waals surface area contributed by atoms with E-state index in [9.17, 15) is 9.90 Å². The summed E-state index contributed by atoms with van der Waals surface area (Å²) >= 11 is 0. The van der Waals surface area contributed by atoms with Crippen molar-refractivity contribution >= 4 is 22.8 Å². The topological polar surface area (TPSA) is 70.4 Å². The number of hydrogen-bond acceptors (Lipinski definition) is 3. The molecule has 136 valence electrons. The molecule has 0 fully saturated rings. The summed E-state index contributed by atoms with van der Waals surface area (Å²) in [5, 5.41) is 12.4. The van der Waals surface area contributed by atoms with Crippen molar-refractivity contribution in [3.05, 3.63) is 54.9 Å². The lowest BCUT2D eigenvalue weighted by Gasteiger charge is -2.29. The number of imidazole rings is 1. The molecule has 0 radical (unpaired) electrons. The van der Waals surface area contributed by atoms with Gasteiger partial charge in [-0.15, -0.1) is 0 Å². The number of benzene rings is 2. The highest BCUT2D eigenvalue weighted by molar-refractivity contribution is 5.89. The van der Waals surface area contributed by atoms with Crippen molar-refractivity contribution in [1.29, 1.82) is 0 Å². The van der Waals surface area contributed by atoms with Crippen LogP contribution in [-0.4, -0.2) is 45.3 Å². The maximum absolute atomic E-state index is 12.4. The predicted molar refractivity (Wildman–Crippen MR) is 104 cm³/mol. The highest BCUT2D eigenvalue weighted by Gasteiger charge is 2.22. The molecule has 0 spiro atoms. The fraction of sp³-hybridized carbons (Fsp3) is 0.300. The number of amides is 2. The third-order valence-electron chi connectivity index (χ3n) is 4.62. The van der Waals surface area contributed by atoms with Gasteiger partial charge in [0.15, 0.2) is 0 Å². The molecular weight excluding hydrogens is 328 g/mol. The molecule has 0 aliphatic heterocycles. The molecule has 1 aromatic heterocycles. The summed E-state index contributed by atoms with van der Waals surface area (Å²) < 4.78 is 2.01. The number of fused-ring (bicyclic) bond motifs is 1. The number of urea groups is 1. The summed E-state index contributed by atoms with van der Waals surface area (Å²) in [6, 6.07) is 15.1. The molecule has 3 aromatic rings. The van der Waals surface area contributed by atoms with Gasteiger partial charge in [0, 0.05) is 18.4 Å². The Hall–Kier alpha value is -2.86. The van der Waals surface area contributed by atoms with Gasteiger partial charge in [-0.3, -0.25) is 4.57 Å². The standard InChI is InChI=1S/C20H24N4O2/c1-14(2)19(12-25)23(3)20(26)22-15-8-10-16(11-9-15)24-13-21-17-6-4-5-7-18(17)24/h4-11,13-14,19,25H,12H2,1-3H3,(H,22,26)/t19-/m0/s1. The normalized spacial score (nSPS) is 12.3. The minimum absolute atomic E-state index is 0.0613. The van der Waals surface area contributed by atoms with Crippen molar-refractivity contribution in [2.75, 3.05) is 19.0 Å². The van der Waals surface area contributed by atoms with Crippen molar-refractivity contribution < 1.29 is 9.90 Å². The summed E-state index contributed by atoms with van der Waals surface area (Å²) in [5.41, 5.74) is 3.65. The molecule has 6 nitrogen and oxygen atoms in total. The van der Waals surface area contributed by atoms with E-state index in [1.165, 1.54) is 0 Å². The number of carbonyl (C=O) groups excluding carboxylic acids is 1. The smallest absolute Gasteiger partial charge is 0.321 e. The van der Waals surface area contributed by atoms with E-state index in [0.29, 0.717) is 5.69 Å². The zero-order chi connectivity index (χ0) is 18.7. The van der Waals surface area contributed by atoms with Crippen molar-refractivity contribution in [2.45, 2.75) is 19.9 Å². The molecular formula is C20H24N4O2. The monoisotopic (exact) mass is 352 g/mol. The highest BCUT2D eigenvalue weighted by atomic mass is 16.3. The Labute approximate surface area is 153 Å². The van der Waals surface area contributed by atoms with E-state index in [1.54, 1.807) is 18.3 Å². The first-order chi connectivity index (χ1) is 12.5. The molecule has 2 N–H and O–H groups in total. The largest absolute Gasteiger partial charge is 0.394 e. The van der Waals surface area contributed by atoms with Gasteiger partial charge in [0.2, 0.25) is 0 Å². The second kappa shape index (κ2) is 7.58. The van der Waals surface area contributed by atoms with Gasteiger partial charge in [-0.25, -0.2) is 9.78 Å². The highest BCUT2D eigenvalue weighted by Crippen LogP contribution is 2.20. The molecule has 0 saturated heterocycles. The molecule has 0 saturated carbocycles. The Morgan fingerprint density at radius 1 is 1.19 bits per heavy atom. The Balaban J connectivity index is 1.75. The van der Waals surface area contributed by atoms with Gasteiger partial charge < -0.3 is 15.3 Å². The van der Waals surface area contributed by atoms with Crippen molar-refractivity contribution in [1.82, 2.24) is 14.5 Å². The second-order valence-electron chi connectivity index (χ2n) is 6.69. The van der Waals surface area contributed by atoms with Crippen LogP contribution in [0.15, 0.2) is 54.9 Å². The average molecular weight is 352 g/mol. The van der Waals surface area contributed by atoms with Crippen LogP contribution < -0.4 is 5.32 Å². The molecule has 1 atom stereocenters. The number of carbonyl (C=O) groups is 1. The van der Waals surface area contributed by atoms with E-state index >= 15 is 0 Å². The predicted octanol–water partition coefficient (Wildman–Crippen LogP) is 3.51. The quantitative estimate of drug-likeness (QED) is 0.738. The minimum atomic E-state index is -0.237. The van der Waals surface area contributed by atoms with Crippen LogP contribution >= 0.6 is 0 Å². The van der Waals surface area contributed by atoms with Crippen LogP contribution in [0, 0.1) is 5.92 Å². The number of aliphatic hydroxyl groups excluding tert-OH is 1. The van der Waals surface area contributed by atoms with Crippen LogP contribution in [0.25, 0.3) is 16.7 Å². The molecule has 1 heterocycles. The van der Waals surface area contributed by atoms with Crippen LogP contribution in [-0.2, 0) is 0 Å². The van der Waals surface area contributed by atoms with Gasteiger partial charge in [-0.2, -0.15) is 0 Å². The lowest BCUT2D eigenvalue weighted by atomic mass is 10.0. The number of anilines is 1. The van der Waals surface area contributed by atoms with E-state index in [1.807, 2.05) is 66.9 Å². The maximum Gasteiger partial charge on any atom is 0.321 e. The molecule has 0 aliphatic rings. The lowest BCUT2D eigenvalue weighted by molar-refractivity contribution is 0.131. The Morgan fingerprint density at radius 2 is 1.88 bits per heavy atom. The van der Waals surface area contributed by atoms with Crippen LogP contribution in [0.3, 0.4) is 0 Å². The first-order valence-electron chi connectivity index (χ1n) is 8.68. The van der Waals surface area contributed by atoms with E-state index in [0.717, 1.165) is 16.7 Å². The number of nitrogens with one attached hydrogen (secondary N) is 1. The maximum atomic E-state index is 12.4. The van der Waals surface area contributed by atoms with Crippen LogP contribution in [0.5, 0.6) is 0 Å². The van der Waals surface area contributed by atoms with E-state index < -0.39 is 0 Å². The molecule has 26 heavy (non-hydrogen) atoms. The number of hydrogen-bond donors (Lipinski definition) is 2. The number of nitrogens with zero attached hydrogens (tertiary/aromatic N) is 3. The Kier molecular flexibility index (Phi) is 5.23. The van der Waals surface area contributed by atoms with Gasteiger partial charge in [0.05, 0.1) is 23.7 Å². The lowest BCUT2D eigenvalue weighted by Crippen LogP contribution is -2.44. The van der Waals surface area contributed by atoms with Gasteiger partial charge in [0.25, 0.3) is 0 Å². The summed E-state index contributed by atoms with van der Waals surface area (Å²) in [7, 11) is 1.70. The number of aliphatic hydroxyl groups is 1. The summed E-state index contributed by atoms with van der Waals surface area (Å²) in [6.07, 6.45) is 1.79. The molecule has 0 bridgehead atoms. The molecule has 0 unspecified atom stereocenters. The van der Waals surface area contributed by atoms with Gasteiger partial charge in [0.1, 0.15) is 6.33 Å². The van der Waals surface area contributed by atoms with Crippen LogP contribution in [0.1, 0.15) is 13.8 Å². The molecule has 2 amide bonds. The fourth-order valence-corrected chi connectivity index (χ4v) is 3.01. The first kappa shape index (κ1) is 17.9. The number of para-hydroxylation sites is 2. The number of aromatic nitrogens is 2. The molecule has 6 heteroatoms. The number of rotatable bonds is 5. The van der Waals surface area contributed by atoms with E-state index in [4.69, 9.17) is 0 Å². The first-order valence-corrected chi connectivity index (χ1v) is 8.68. The van der Waals surface area contributed by atoms with E-state index in [-0.39, 0.29) is 24.6 Å². The van der Waals surface area contributed by atoms with Gasteiger partial charge in [-0.05, 0) is 42.3 Å². The van der Waals surface area contributed by atoms with Crippen molar-refractivity contribution in [3.8, 4) is 5.69 Å². The third kappa shape index (κ3) is 3.55. The van der Waals surface area contributed by atoms with Crippen LogP contribution in [0.2, 0.25) is 0 Å². The Morgan fingerprint density at radius 3 is 2.54 bits per heavy atom.